The van der Waals surface area contributed by atoms with Crippen LogP contribution in [0.25, 0.3) is 0 Å². The van der Waals surface area contributed by atoms with Gasteiger partial charge in [-0.1, -0.05) is 6.07 Å². The van der Waals surface area contributed by atoms with Crippen molar-refractivity contribution in [2.75, 3.05) is 19.0 Å². The lowest BCUT2D eigenvalue weighted by Gasteiger charge is -2.24. The quantitative estimate of drug-likeness (QED) is 0.878. The maximum atomic E-state index is 12.2. The number of nitrogens with one attached hydrogen (secondary N) is 1. The molecule has 0 fully saturated rings. The molecule has 1 aromatic rings. The summed E-state index contributed by atoms with van der Waals surface area (Å²) >= 11 is 0. The number of nitrogens with two attached hydrogens (primary N) is 1. The Morgan fingerprint density at radius 1 is 1.32 bits per heavy atom. The monoisotopic (exact) mass is 264 g/mol. The summed E-state index contributed by atoms with van der Waals surface area (Å²) in [6, 6.07) is 2.04. The molecule has 0 unspecified atom stereocenters. The van der Waals surface area contributed by atoms with E-state index in [1.54, 1.807) is 7.11 Å². The molecule has 0 saturated heterocycles. The summed E-state index contributed by atoms with van der Waals surface area (Å²) in [5, 5.41) is 2.95. The number of carbonyl (C=O) groups is 1. The first-order chi connectivity index (χ1) is 8.74. The first-order valence-electron chi connectivity index (χ1n) is 6.41. The van der Waals surface area contributed by atoms with Crippen molar-refractivity contribution in [1.82, 2.24) is 0 Å². The molecule has 3 N–H and O–H groups in total. The summed E-state index contributed by atoms with van der Waals surface area (Å²) in [5.74, 6) is 0.623. The van der Waals surface area contributed by atoms with Gasteiger partial charge in [0.05, 0.1) is 18.2 Å². The van der Waals surface area contributed by atoms with Crippen LogP contribution >= 0.6 is 0 Å². The zero-order valence-corrected chi connectivity index (χ0v) is 12.7. The lowest BCUT2D eigenvalue weighted by Crippen LogP contribution is -2.37. The first kappa shape index (κ1) is 15.5. The van der Waals surface area contributed by atoms with Crippen molar-refractivity contribution in [3.05, 3.63) is 22.8 Å². The van der Waals surface area contributed by atoms with Crippen LogP contribution in [0.2, 0.25) is 0 Å². The van der Waals surface area contributed by atoms with Gasteiger partial charge >= 0.3 is 0 Å². The van der Waals surface area contributed by atoms with Crippen LogP contribution in [-0.2, 0) is 4.79 Å². The van der Waals surface area contributed by atoms with Gasteiger partial charge in [-0.15, -0.1) is 0 Å². The van der Waals surface area contributed by atoms with Gasteiger partial charge in [0, 0.05) is 6.54 Å². The molecular weight excluding hydrogens is 240 g/mol. The van der Waals surface area contributed by atoms with E-state index in [-0.39, 0.29) is 5.91 Å². The van der Waals surface area contributed by atoms with E-state index < -0.39 is 5.41 Å². The first-order valence-corrected chi connectivity index (χ1v) is 6.41. The van der Waals surface area contributed by atoms with Crippen LogP contribution < -0.4 is 15.8 Å². The van der Waals surface area contributed by atoms with E-state index in [0.717, 1.165) is 28.1 Å². The third-order valence-electron chi connectivity index (χ3n) is 3.55. The molecule has 0 atom stereocenters. The van der Waals surface area contributed by atoms with Crippen LogP contribution in [0.5, 0.6) is 5.75 Å². The molecule has 0 aliphatic carbocycles. The summed E-state index contributed by atoms with van der Waals surface area (Å²) in [6.07, 6.45) is 0. The Morgan fingerprint density at radius 2 is 1.89 bits per heavy atom. The average molecular weight is 264 g/mol. The van der Waals surface area contributed by atoms with Crippen molar-refractivity contribution in [1.29, 1.82) is 0 Å². The molecule has 1 amide bonds. The Morgan fingerprint density at radius 3 is 2.37 bits per heavy atom. The molecule has 1 aromatic carbocycles. The van der Waals surface area contributed by atoms with E-state index in [0.29, 0.717) is 6.54 Å². The fourth-order valence-electron chi connectivity index (χ4n) is 1.84. The molecule has 19 heavy (non-hydrogen) atoms. The fourth-order valence-corrected chi connectivity index (χ4v) is 1.84. The standard InChI is InChI=1S/C15H24N2O2/c1-9-7-10(2)12(13(19-6)11(9)3)17-14(18)15(4,5)8-16/h7H,8,16H2,1-6H3,(H,17,18). The topological polar surface area (TPSA) is 64.3 Å². The Labute approximate surface area is 115 Å². The van der Waals surface area contributed by atoms with Gasteiger partial charge in [-0.2, -0.15) is 0 Å². The molecule has 0 aliphatic heterocycles. The summed E-state index contributed by atoms with van der Waals surface area (Å²) in [4.78, 5) is 12.2. The second kappa shape index (κ2) is 5.61. The van der Waals surface area contributed by atoms with Gasteiger partial charge in [0.2, 0.25) is 5.91 Å². The number of amides is 1. The Kier molecular flexibility index (Phi) is 4.58. The number of ether oxygens (including phenoxy) is 1. The third-order valence-corrected chi connectivity index (χ3v) is 3.55. The summed E-state index contributed by atoms with van der Waals surface area (Å²) < 4.78 is 5.44. The zero-order chi connectivity index (χ0) is 14.8. The lowest BCUT2D eigenvalue weighted by molar-refractivity contribution is -0.123. The van der Waals surface area contributed by atoms with E-state index in [1.807, 2.05) is 40.7 Å². The molecule has 0 bridgehead atoms. The van der Waals surface area contributed by atoms with Crippen LogP contribution in [0.15, 0.2) is 6.07 Å². The van der Waals surface area contributed by atoms with Gasteiger partial charge in [0.25, 0.3) is 0 Å². The second-order valence-corrected chi connectivity index (χ2v) is 5.59. The van der Waals surface area contributed by atoms with Gasteiger partial charge in [0.1, 0.15) is 5.75 Å². The number of aryl methyl sites for hydroxylation is 2. The molecule has 0 saturated carbocycles. The molecule has 4 heteroatoms. The van der Waals surface area contributed by atoms with Crippen LogP contribution in [-0.4, -0.2) is 19.6 Å². The van der Waals surface area contributed by atoms with Gasteiger partial charge in [-0.25, -0.2) is 0 Å². The minimum absolute atomic E-state index is 0.0975. The van der Waals surface area contributed by atoms with Crippen LogP contribution in [0.4, 0.5) is 5.69 Å². The van der Waals surface area contributed by atoms with Crippen molar-refractivity contribution in [2.45, 2.75) is 34.6 Å². The maximum Gasteiger partial charge on any atom is 0.231 e. The van der Waals surface area contributed by atoms with Crippen LogP contribution in [0.1, 0.15) is 30.5 Å². The number of anilines is 1. The van der Waals surface area contributed by atoms with Gasteiger partial charge < -0.3 is 15.8 Å². The van der Waals surface area contributed by atoms with Crippen molar-refractivity contribution in [2.24, 2.45) is 11.1 Å². The molecule has 0 heterocycles. The fraction of sp³-hybridized carbons (Fsp3) is 0.533. The van der Waals surface area contributed by atoms with Crippen molar-refractivity contribution < 1.29 is 9.53 Å². The van der Waals surface area contributed by atoms with Gasteiger partial charge in [-0.3, -0.25) is 4.79 Å². The van der Waals surface area contributed by atoms with E-state index in [2.05, 4.69) is 5.32 Å². The number of benzene rings is 1. The van der Waals surface area contributed by atoms with E-state index in [9.17, 15) is 4.79 Å². The Balaban J connectivity index is 3.22. The number of carbonyl (C=O) groups excluding carboxylic acids is 1. The Bertz CT molecular complexity index is 493. The van der Waals surface area contributed by atoms with E-state index >= 15 is 0 Å². The highest BCUT2D eigenvalue weighted by atomic mass is 16.5. The Hall–Kier alpha value is -1.55. The highest BCUT2D eigenvalue weighted by Crippen LogP contribution is 2.35. The SMILES string of the molecule is COc1c(C)c(C)cc(C)c1NC(=O)C(C)(C)CN. The minimum atomic E-state index is -0.601. The minimum Gasteiger partial charge on any atom is -0.494 e. The number of hydrogen-bond donors (Lipinski definition) is 2. The van der Waals surface area contributed by atoms with E-state index in [4.69, 9.17) is 10.5 Å². The third kappa shape index (κ3) is 3.07. The largest absolute Gasteiger partial charge is 0.494 e. The molecule has 0 radical (unpaired) electrons. The van der Waals surface area contributed by atoms with Gasteiger partial charge in [0.15, 0.2) is 0 Å². The molecule has 0 spiro atoms. The zero-order valence-electron chi connectivity index (χ0n) is 12.7. The average Bonchev–Trinajstić information content (AvgIpc) is 2.36. The highest BCUT2D eigenvalue weighted by molar-refractivity contribution is 5.97. The number of rotatable bonds is 4. The normalized spacial score (nSPS) is 11.3. The molecule has 4 nitrogen and oxygen atoms in total. The molecular formula is C15H24N2O2. The predicted molar refractivity (Wildman–Crippen MR) is 78.7 cm³/mol. The number of hydrogen-bond acceptors (Lipinski definition) is 3. The second-order valence-electron chi connectivity index (χ2n) is 5.59. The highest BCUT2D eigenvalue weighted by Gasteiger charge is 2.27. The number of methoxy groups -OCH3 is 1. The van der Waals surface area contributed by atoms with Crippen molar-refractivity contribution >= 4 is 11.6 Å². The predicted octanol–water partition coefficient (Wildman–Crippen LogP) is 2.54. The van der Waals surface area contributed by atoms with Crippen LogP contribution in [0, 0.1) is 26.2 Å². The molecule has 0 aliphatic rings. The van der Waals surface area contributed by atoms with Crippen LogP contribution in [0.3, 0.4) is 0 Å². The van der Waals surface area contributed by atoms with E-state index in [1.165, 1.54) is 0 Å². The summed E-state index contributed by atoms with van der Waals surface area (Å²) in [6.45, 7) is 9.92. The molecule has 1 rings (SSSR count). The van der Waals surface area contributed by atoms with Crippen molar-refractivity contribution in [3.63, 3.8) is 0 Å². The maximum absolute atomic E-state index is 12.2. The lowest BCUT2D eigenvalue weighted by atomic mass is 9.92. The summed E-state index contributed by atoms with van der Waals surface area (Å²) in [5.41, 5.74) is 8.93. The van der Waals surface area contributed by atoms with Crippen molar-refractivity contribution in [3.8, 4) is 5.75 Å². The molecule has 106 valence electrons. The van der Waals surface area contributed by atoms with Gasteiger partial charge in [-0.05, 0) is 51.3 Å². The molecule has 0 aromatic heterocycles. The smallest absolute Gasteiger partial charge is 0.231 e. The summed E-state index contributed by atoms with van der Waals surface area (Å²) in [7, 11) is 1.62.